The Kier molecular flexibility index (Phi) is 6.96. The monoisotopic (exact) mass is 389 g/mol. The number of ether oxygens (including phenoxy) is 1. The lowest BCUT2D eigenvalue weighted by atomic mass is 10.1. The molecular weight excluding hydrogens is 362 g/mol. The van der Waals surface area contributed by atoms with Crippen LogP contribution in [0.2, 0.25) is 0 Å². The average Bonchev–Trinajstić information content (AvgIpc) is 3.02. The molecule has 2 amide bonds. The molecule has 0 radical (unpaired) electrons. The molecule has 146 valence electrons. The topological polar surface area (TPSA) is 71.5 Å². The van der Waals surface area contributed by atoms with Crippen molar-refractivity contribution in [1.29, 1.82) is 0 Å². The Morgan fingerprint density at radius 2 is 1.96 bits per heavy atom. The number of anilines is 1. The number of hydrogen-bond acceptors (Lipinski definition) is 5. The summed E-state index contributed by atoms with van der Waals surface area (Å²) in [4.78, 5) is 30.5. The summed E-state index contributed by atoms with van der Waals surface area (Å²) in [6, 6.07) is 7.44. The van der Waals surface area contributed by atoms with Gasteiger partial charge in [0, 0.05) is 18.1 Å². The SMILES string of the molecule is CCc1nc(CC(=O)Nc2ccccc2CN(C)C(=O)OC(C)(C)C)cs1. The number of thiazole rings is 1. The minimum absolute atomic E-state index is 0.129. The smallest absolute Gasteiger partial charge is 0.410 e. The second-order valence-electron chi connectivity index (χ2n) is 7.30. The van der Waals surface area contributed by atoms with Gasteiger partial charge >= 0.3 is 6.09 Å². The Bertz CT molecular complexity index is 796. The first-order chi connectivity index (χ1) is 12.7. The lowest BCUT2D eigenvalue weighted by molar-refractivity contribution is -0.115. The third kappa shape index (κ3) is 6.67. The van der Waals surface area contributed by atoms with Crippen LogP contribution in [0.3, 0.4) is 0 Å². The van der Waals surface area contributed by atoms with Crippen molar-refractivity contribution in [3.8, 4) is 0 Å². The first-order valence-corrected chi connectivity index (χ1v) is 9.81. The van der Waals surface area contributed by atoms with E-state index in [1.54, 1.807) is 18.4 Å². The molecule has 2 aromatic rings. The lowest BCUT2D eigenvalue weighted by Crippen LogP contribution is -2.34. The van der Waals surface area contributed by atoms with E-state index < -0.39 is 11.7 Å². The summed E-state index contributed by atoms with van der Waals surface area (Å²) in [6.07, 6.45) is 0.692. The van der Waals surface area contributed by atoms with Crippen molar-refractivity contribution < 1.29 is 14.3 Å². The van der Waals surface area contributed by atoms with E-state index in [0.717, 1.165) is 22.7 Å². The number of rotatable bonds is 6. The van der Waals surface area contributed by atoms with Crippen LogP contribution in [-0.2, 0) is 28.9 Å². The zero-order valence-corrected chi connectivity index (χ0v) is 17.4. The van der Waals surface area contributed by atoms with E-state index in [0.29, 0.717) is 12.2 Å². The molecule has 1 aromatic heterocycles. The fourth-order valence-electron chi connectivity index (χ4n) is 2.39. The van der Waals surface area contributed by atoms with Crippen LogP contribution in [-0.4, -0.2) is 34.5 Å². The number of aromatic nitrogens is 1. The van der Waals surface area contributed by atoms with Crippen molar-refractivity contribution in [2.24, 2.45) is 0 Å². The number of amides is 2. The number of carbonyl (C=O) groups is 2. The second-order valence-corrected chi connectivity index (χ2v) is 8.25. The zero-order valence-electron chi connectivity index (χ0n) is 16.5. The summed E-state index contributed by atoms with van der Waals surface area (Å²) in [5.74, 6) is -0.129. The van der Waals surface area contributed by atoms with Crippen molar-refractivity contribution in [3.05, 3.63) is 45.9 Å². The van der Waals surface area contributed by atoms with E-state index in [4.69, 9.17) is 4.74 Å². The predicted octanol–water partition coefficient (Wildman–Crippen LogP) is 4.25. The van der Waals surface area contributed by atoms with Gasteiger partial charge in [-0.05, 0) is 38.8 Å². The van der Waals surface area contributed by atoms with Gasteiger partial charge in [0.1, 0.15) is 5.60 Å². The number of nitrogens with one attached hydrogen (secondary N) is 1. The lowest BCUT2D eigenvalue weighted by Gasteiger charge is -2.25. The molecule has 0 bridgehead atoms. The van der Waals surface area contributed by atoms with Crippen LogP contribution < -0.4 is 5.32 Å². The van der Waals surface area contributed by atoms with Gasteiger partial charge in [-0.1, -0.05) is 25.1 Å². The van der Waals surface area contributed by atoms with Crippen molar-refractivity contribution in [1.82, 2.24) is 9.88 Å². The van der Waals surface area contributed by atoms with Crippen LogP contribution in [0.5, 0.6) is 0 Å². The van der Waals surface area contributed by atoms with E-state index in [2.05, 4.69) is 10.3 Å². The summed E-state index contributed by atoms with van der Waals surface area (Å²) < 4.78 is 5.38. The average molecular weight is 390 g/mol. The molecule has 27 heavy (non-hydrogen) atoms. The molecule has 6 nitrogen and oxygen atoms in total. The Morgan fingerprint density at radius 1 is 1.26 bits per heavy atom. The quantitative estimate of drug-likeness (QED) is 0.801. The highest BCUT2D eigenvalue weighted by atomic mass is 32.1. The number of benzene rings is 1. The predicted molar refractivity (Wildman–Crippen MR) is 108 cm³/mol. The Balaban J connectivity index is 2.02. The van der Waals surface area contributed by atoms with Crippen molar-refractivity contribution >= 4 is 29.0 Å². The second kappa shape index (κ2) is 8.99. The Morgan fingerprint density at radius 3 is 2.59 bits per heavy atom. The maximum absolute atomic E-state index is 12.4. The largest absolute Gasteiger partial charge is 0.444 e. The molecule has 0 aliphatic carbocycles. The fraction of sp³-hybridized carbons (Fsp3) is 0.450. The molecule has 0 fully saturated rings. The van der Waals surface area contributed by atoms with E-state index in [1.165, 1.54) is 4.90 Å². The molecule has 0 saturated heterocycles. The summed E-state index contributed by atoms with van der Waals surface area (Å²) >= 11 is 1.57. The number of nitrogens with zero attached hydrogens (tertiary/aromatic N) is 2. The summed E-state index contributed by atoms with van der Waals surface area (Å²) in [7, 11) is 1.67. The van der Waals surface area contributed by atoms with Gasteiger partial charge in [-0.15, -0.1) is 11.3 Å². The minimum atomic E-state index is -0.552. The Hall–Kier alpha value is -2.41. The molecule has 0 aliphatic rings. The molecule has 2 rings (SSSR count). The van der Waals surface area contributed by atoms with Crippen LogP contribution in [0.1, 0.15) is 44.0 Å². The molecule has 1 aromatic carbocycles. The zero-order chi connectivity index (χ0) is 20.0. The van der Waals surface area contributed by atoms with E-state index >= 15 is 0 Å². The molecule has 0 saturated carbocycles. The number of carbonyl (C=O) groups excluding carboxylic acids is 2. The van der Waals surface area contributed by atoms with Gasteiger partial charge < -0.3 is 15.0 Å². The van der Waals surface area contributed by atoms with Gasteiger partial charge in [-0.2, -0.15) is 0 Å². The maximum Gasteiger partial charge on any atom is 0.410 e. The molecule has 1 N–H and O–H groups in total. The standard InChI is InChI=1S/C20H27N3O3S/c1-6-18-21-15(13-27-18)11-17(24)22-16-10-8-7-9-14(16)12-23(5)19(25)26-20(2,3)4/h7-10,13H,6,11-12H2,1-5H3,(H,22,24). The first kappa shape index (κ1) is 20.9. The van der Waals surface area contributed by atoms with Gasteiger partial charge in [0.15, 0.2) is 0 Å². The third-order valence-corrected chi connectivity index (χ3v) is 4.69. The van der Waals surface area contributed by atoms with Gasteiger partial charge in [0.05, 0.1) is 23.7 Å². The normalized spacial score (nSPS) is 11.1. The highest BCUT2D eigenvalue weighted by Crippen LogP contribution is 2.19. The Labute approximate surface area is 164 Å². The molecule has 0 spiro atoms. The third-order valence-electron chi connectivity index (χ3n) is 3.65. The maximum atomic E-state index is 12.4. The molecule has 0 aliphatic heterocycles. The van der Waals surface area contributed by atoms with E-state index in [-0.39, 0.29) is 12.3 Å². The van der Waals surface area contributed by atoms with Crippen molar-refractivity contribution in [3.63, 3.8) is 0 Å². The van der Waals surface area contributed by atoms with Crippen LogP contribution in [0.4, 0.5) is 10.5 Å². The molecule has 7 heteroatoms. The highest BCUT2D eigenvalue weighted by Gasteiger charge is 2.20. The number of aryl methyl sites for hydroxylation is 1. The van der Waals surface area contributed by atoms with Gasteiger partial charge in [-0.25, -0.2) is 9.78 Å². The van der Waals surface area contributed by atoms with Gasteiger partial charge in [-0.3, -0.25) is 4.79 Å². The molecule has 0 unspecified atom stereocenters. The van der Waals surface area contributed by atoms with Gasteiger partial charge in [0.25, 0.3) is 0 Å². The van der Waals surface area contributed by atoms with Crippen molar-refractivity contribution in [2.75, 3.05) is 12.4 Å². The van der Waals surface area contributed by atoms with Crippen LogP contribution in [0, 0.1) is 0 Å². The molecule has 0 atom stereocenters. The van der Waals surface area contributed by atoms with Crippen LogP contribution in [0.25, 0.3) is 0 Å². The fourth-order valence-corrected chi connectivity index (χ4v) is 3.14. The molecular formula is C20H27N3O3S. The molecule has 1 heterocycles. The minimum Gasteiger partial charge on any atom is -0.444 e. The first-order valence-electron chi connectivity index (χ1n) is 8.93. The highest BCUT2D eigenvalue weighted by molar-refractivity contribution is 7.09. The summed E-state index contributed by atoms with van der Waals surface area (Å²) in [5, 5.41) is 5.87. The summed E-state index contributed by atoms with van der Waals surface area (Å²) in [6.45, 7) is 7.86. The van der Waals surface area contributed by atoms with E-state index in [9.17, 15) is 9.59 Å². The van der Waals surface area contributed by atoms with Crippen LogP contribution in [0.15, 0.2) is 29.6 Å². The summed E-state index contributed by atoms with van der Waals surface area (Å²) in [5.41, 5.74) is 1.75. The van der Waals surface area contributed by atoms with Crippen LogP contribution >= 0.6 is 11.3 Å². The van der Waals surface area contributed by atoms with Crippen molar-refractivity contribution in [2.45, 2.75) is 52.7 Å². The number of hydrogen-bond donors (Lipinski definition) is 1. The van der Waals surface area contributed by atoms with Gasteiger partial charge in [0.2, 0.25) is 5.91 Å². The number of para-hydroxylation sites is 1. The van der Waals surface area contributed by atoms with E-state index in [1.807, 2.05) is 57.3 Å².